The molecule has 1 fully saturated rings. The molecule has 2 aromatic heterocycles. The Labute approximate surface area is 178 Å². The average molecular weight is 417 g/mol. The van der Waals surface area contributed by atoms with Crippen molar-refractivity contribution in [2.45, 2.75) is 31.7 Å². The summed E-state index contributed by atoms with van der Waals surface area (Å²) in [5.74, 6) is -0.261. The molecule has 0 bridgehead atoms. The molecule has 8 nitrogen and oxygen atoms in total. The van der Waals surface area contributed by atoms with E-state index >= 15 is 0 Å². The molecule has 1 saturated carbocycles. The van der Waals surface area contributed by atoms with Crippen LogP contribution in [-0.4, -0.2) is 49.9 Å². The SMILES string of the molecule is CN1CC(C#N)=C2C(c3ccc(F)nc3)=NC(c3cnn(C4CCC(=O)CC4)c3)=CN21. The number of likely N-dealkylation sites (N-methyl/N-ethyl adjacent to an activating group) is 1. The predicted molar refractivity (Wildman–Crippen MR) is 111 cm³/mol. The number of fused-ring (bicyclic) bond motifs is 1. The minimum atomic E-state index is -0.571. The quantitative estimate of drug-likeness (QED) is 0.714. The summed E-state index contributed by atoms with van der Waals surface area (Å²) in [6.07, 6.45) is 9.79. The van der Waals surface area contributed by atoms with Gasteiger partial charge in [0.2, 0.25) is 5.95 Å². The first-order chi connectivity index (χ1) is 15.0. The zero-order chi connectivity index (χ0) is 21.5. The maximum atomic E-state index is 13.4. The average Bonchev–Trinajstić information content (AvgIpc) is 3.39. The molecule has 31 heavy (non-hydrogen) atoms. The number of hydrogen-bond acceptors (Lipinski definition) is 7. The van der Waals surface area contributed by atoms with E-state index in [0.29, 0.717) is 53.4 Å². The lowest BCUT2D eigenvalue weighted by atomic mass is 9.94. The zero-order valence-corrected chi connectivity index (χ0v) is 17.0. The summed E-state index contributed by atoms with van der Waals surface area (Å²) in [6, 6.07) is 5.36. The van der Waals surface area contributed by atoms with E-state index in [1.807, 2.05) is 34.1 Å². The molecule has 0 unspecified atom stereocenters. The first-order valence-corrected chi connectivity index (χ1v) is 10.2. The molecule has 0 spiro atoms. The van der Waals surface area contributed by atoms with E-state index in [0.717, 1.165) is 18.4 Å². The van der Waals surface area contributed by atoms with Gasteiger partial charge in [0, 0.05) is 49.6 Å². The van der Waals surface area contributed by atoms with Crippen LogP contribution in [0.15, 0.2) is 53.2 Å². The van der Waals surface area contributed by atoms with E-state index in [1.54, 1.807) is 12.3 Å². The third-order valence-corrected chi connectivity index (χ3v) is 5.89. The molecule has 9 heteroatoms. The Morgan fingerprint density at radius 3 is 2.71 bits per heavy atom. The van der Waals surface area contributed by atoms with Crippen molar-refractivity contribution in [1.29, 1.82) is 5.26 Å². The van der Waals surface area contributed by atoms with Gasteiger partial charge < -0.3 is 0 Å². The van der Waals surface area contributed by atoms with Gasteiger partial charge in [-0.3, -0.25) is 14.5 Å². The second kappa shape index (κ2) is 7.56. The summed E-state index contributed by atoms with van der Waals surface area (Å²) in [6.45, 7) is 0.457. The maximum Gasteiger partial charge on any atom is 0.212 e. The number of allylic oxidation sites excluding steroid dienone is 1. The Kier molecular flexibility index (Phi) is 4.71. The number of nitriles is 1. The van der Waals surface area contributed by atoms with Crippen LogP contribution < -0.4 is 0 Å². The Bertz CT molecular complexity index is 1180. The number of hydrazine groups is 1. The van der Waals surface area contributed by atoms with Crippen molar-refractivity contribution in [3.05, 3.63) is 65.3 Å². The van der Waals surface area contributed by atoms with Gasteiger partial charge in [0.1, 0.15) is 5.78 Å². The number of rotatable bonds is 3. The smallest absolute Gasteiger partial charge is 0.212 e. The summed E-state index contributed by atoms with van der Waals surface area (Å²) in [4.78, 5) is 20.1. The molecule has 1 aliphatic carbocycles. The van der Waals surface area contributed by atoms with Crippen LogP contribution in [0.5, 0.6) is 0 Å². The number of ketones is 1. The molecule has 3 aliphatic rings. The third-order valence-electron chi connectivity index (χ3n) is 5.89. The summed E-state index contributed by atoms with van der Waals surface area (Å²) in [7, 11) is 1.90. The van der Waals surface area contributed by atoms with Crippen molar-refractivity contribution in [3.63, 3.8) is 0 Å². The van der Waals surface area contributed by atoms with Crippen LogP contribution in [0.1, 0.15) is 42.9 Å². The lowest BCUT2D eigenvalue weighted by Gasteiger charge is -2.29. The maximum absolute atomic E-state index is 13.4. The third kappa shape index (κ3) is 3.45. The van der Waals surface area contributed by atoms with Crippen molar-refractivity contribution >= 4 is 17.2 Å². The van der Waals surface area contributed by atoms with E-state index in [-0.39, 0.29) is 6.04 Å². The Hall–Kier alpha value is -3.64. The highest BCUT2D eigenvalue weighted by atomic mass is 19.1. The largest absolute Gasteiger partial charge is 0.300 e. The van der Waals surface area contributed by atoms with Crippen molar-refractivity contribution in [3.8, 4) is 6.07 Å². The molecule has 156 valence electrons. The number of carbonyl (C=O) groups excluding carboxylic acids is 1. The predicted octanol–water partition coefficient (Wildman–Crippen LogP) is 2.84. The minimum absolute atomic E-state index is 0.204. The number of hydrogen-bond donors (Lipinski definition) is 0. The van der Waals surface area contributed by atoms with Gasteiger partial charge in [-0.2, -0.15) is 14.8 Å². The number of halogens is 1. The van der Waals surface area contributed by atoms with Crippen LogP contribution in [0.25, 0.3) is 5.70 Å². The first-order valence-electron chi connectivity index (χ1n) is 10.2. The number of carbonyl (C=O) groups is 1. The van der Waals surface area contributed by atoms with Gasteiger partial charge in [0.15, 0.2) is 0 Å². The molecule has 0 amide bonds. The van der Waals surface area contributed by atoms with E-state index in [1.165, 1.54) is 12.3 Å². The Morgan fingerprint density at radius 1 is 1.19 bits per heavy atom. The number of aromatic nitrogens is 3. The van der Waals surface area contributed by atoms with Gasteiger partial charge in [-0.1, -0.05) is 0 Å². The van der Waals surface area contributed by atoms with Crippen molar-refractivity contribution in [2.75, 3.05) is 13.6 Å². The lowest BCUT2D eigenvalue weighted by Crippen LogP contribution is -2.34. The molecule has 0 N–H and O–H groups in total. The summed E-state index contributed by atoms with van der Waals surface area (Å²) in [5.41, 5.74) is 3.99. The normalized spacial score (nSPS) is 19.9. The molecule has 0 aromatic carbocycles. The molecular weight excluding hydrogens is 397 g/mol. The summed E-state index contributed by atoms with van der Waals surface area (Å²) >= 11 is 0. The highest BCUT2D eigenvalue weighted by molar-refractivity contribution is 6.16. The van der Waals surface area contributed by atoms with E-state index in [2.05, 4.69) is 16.2 Å². The fourth-order valence-electron chi connectivity index (χ4n) is 4.23. The highest BCUT2D eigenvalue weighted by Gasteiger charge is 2.34. The van der Waals surface area contributed by atoms with Gasteiger partial charge in [0.05, 0.1) is 47.5 Å². The monoisotopic (exact) mass is 417 g/mol. The van der Waals surface area contributed by atoms with Crippen LogP contribution in [0.2, 0.25) is 0 Å². The van der Waals surface area contributed by atoms with Crippen molar-refractivity contribution < 1.29 is 9.18 Å². The van der Waals surface area contributed by atoms with Gasteiger partial charge >= 0.3 is 0 Å². The van der Waals surface area contributed by atoms with Crippen LogP contribution in [0.3, 0.4) is 0 Å². The fourth-order valence-corrected chi connectivity index (χ4v) is 4.23. The number of nitrogens with zero attached hydrogens (tertiary/aromatic N) is 7. The number of Topliss-reactive ketones (excluding diaryl/α,β-unsaturated/α-hetero) is 1. The molecule has 5 rings (SSSR count). The second-order valence-corrected chi connectivity index (χ2v) is 7.92. The number of pyridine rings is 1. The van der Waals surface area contributed by atoms with Gasteiger partial charge in [-0.25, -0.2) is 15.0 Å². The summed E-state index contributed by atoms with van der Waals surface area (Å²) < 4.78 is 15.3. The van der Waals surface area contributed by atoms with Gasteiger partial charge in [-0.05, 0) is 25.0 Å². The molecule has 2 aromatic rings. The van der Waals surface area contributed by atoms with Crippen LogP contribution in [0.4, 0.5) is 4.39 Å². The van der Waals surface area contributed by atoms with E-state index in [4.69, 9.17) is 4.99 Å². The molecule has 0 saturated heterocycles. The standard InChI is InChI=1S/C22H20FN7O/c1-28-11-15(8-24)22-21(14-2-7-20(23)25-9-14)27-19(13-30(22)28)16-10-26-29(12-16)17-3-5-18(31)6-4-17/h2,7,9-10,12-13,17H,3-6,11H2,1H3. The first kappa shape index (κ1) is 19.3. The van der Waals surface area contributed by atoms with Crippen LogP contribution in [0, 0.1) is 17.3 Å². The van der Waals surface area contributed by atoms with Crippen molar-refractivity contribution in [2.24, 2.45) is 4.99 Å². The molecule has 2 aliphatic heterocycles. The van der Waals surface area contributed by atoms with Crippen LogP contribution in [-0.2, 0) is 4.79 Å². The van der Waals surface area contributed by atoms with Crippen molar-refractivity contribution in [1.82, 2.24) is 24.8 Å². The van der Waals surface area contributed by atoms with E-state index < -0.39 is 5.95 Å². The highest BCUT2D eigenvalue weighted by Crippen LogP contribution is 2.34. The summed E-state index contributed by atoms with van der Waals surface area (Å²) in [5, 5.41) is 18.0. The second-order valence-electron chi connectivity index (χ2n) is 7.92. The molecule has 0 radical (unpaired) electrons. The molecule has 4 heterocycles. The zero-order valence-electron chi connectivity index (χ0n) is 17.0. The molecule has 0 atom stereocenters. The fraction of sp³-hybridized carbons (Fsp3) is 0.318. The van der Waals surface area contributed by atoms with Crippen LogP contribution >= 0.6 is 0 Å². The Morgan fingerprint density at radius 2 is 2.00 bits per heavy atom. The van der Waals surface area contributed by atoms with E-state index in [9.17, 15) is 14.4 Å². The van der Waals surface area contributed by atoms with Gasteiger partial charge in [0.25, 0.3) is 0 Å². The van der Waals surface area contributed by atoms with Gasteiger partial charge in [-0.15, -0.1) is 0 Å². The Balaban J connectivity index is 1.54. The molecular formula is C22H20FN7O. The minimum Gasteiger partial charge on any atom is -0.300 e. The topological polar surface area (TPSA) is 90.4 Å². The number of aliphatic imine (C=N–C) groups is 1. The lowest BCUT2D eigenvalue weighted by molar-refractivity contribution is -0.120.